The SMILES string of the molecule is Fc1cc(Br)cc(F)c1NCc1cc(Br)c(Br)o1. The highest BCUT2D eigenvalue weighted by molar-refractivity contribution is 9.13. The van der Waals surface area contributed by atoms with Gasteiger partial charge in [0.25, 0.3) is 0 Å². The van der Waals surface area contributed by atoms with Gasteiger partial charge in [-0.25, -0.2) is 8.78 Å². The summed E-state index contributed by atoms with van der Waals surface area (Å²) >= 11 is 9.46. The first-order valence-electron chi connectivity index (χ1n) is 4.79. The maximum absolute atomic E-state index is 13.5. The Bertz CT molecular complexity index is 543. The summed E-state index contributed by atoms with van der Waals surface area (Å²) in [6.45, 7) is 0.180. The highest BCUT2D eigenvalue weighted by atomic mass is 79.9. The summed E-state index contributed by atoms with van der Waals surface area (Å²) in [7, 11) is 0. The molecule has 0 bridgehead atoms. The molecule has 0 amide bonds. The molecular weight excluding hydrogens is 440 g/mol. The molecule has 1 N–H and O–H groups in total. The second kappa shape index (κ2) is 5.71. The summed E-state index contributed by atoms with van der Waals surface area (Å²) in [5, 5.41) is 2.66. The summed E-state index contributed by atoms with van der Waals surface area (Å²) in [4.78, 5) is 0. The fraction of sp³-hybridized carbons (Fsp3) is 0.0909. The van der Waals surface area contributed by atoms with E-state index in [9.17, 15) is 8.78 Å². The molecule has 1 heterocycles. The Labute approximate surface area is 127 Å². The lowest BCUT2D eigenvalue weighted by molar-refractivity contribution is 0.492. The van der Waals surface area contributed by atoms with Gasteiger partial charge >= 0.3 is 0 Å². The first kappa shape index (κ1) is 14.0. The number of rotatable bonds is 3. The van der Waals surface area contributed by atoms with Crippen LogP contribution < -0.4 is 5.32 Å². The van der Waals surface area contributed by atoms with E-state index in [1.807, 2.05) is 0 Å². The van der Waals surface area contributed by atoms with Crippen LogP contribution in [0.25, 0.3) is 0 Å². The van der Waals surface area contributed by atoms with E-state index in [-0.39, 0.29) is 12.2 Å². The van der Waals surface area contributed by atoms with Crippen molar-refractivity contribution in [3.63, 3.8) is 0 Å². The van der Waals surface area contributed by atoms with Crippen molar-refractivity contribution < 1.29 is 13.2 Å². The van der Waals surface area contributed by atoms with Gasteiger partial charge in [0.1, 0.15) is 23.1 Å². The summed E-state index contributed by atoms with van der Waals surface area (Å²) < 4.78 is 34.0. The predicted octanol–water partition coefficient (Wildman–Crippen LogP) is 5.46. The third-order valence-corrected chi connectivity index (χ3v) is 4.31. The standard InChI is InChI=1S/C11H6Br3F2NO/c12-5-1-8(15)10(9(16)2-5)17-4-6-3-7(13)11(14)18-6/h1-3,17H,4H2. The van der Waals surface area contributed by atoms with Gasteiger partial charge in [0.2, 0.25) is 0 Å². The molecule has 0 atom stereocenters. The average Bonchev–Trinajstić information content (AvgIpc) is 2.56. The van der Waals surface area contributed by atoms with Crippen LogP contribution in [0.3, 0.4) is 0 Å². The van der Waals surface area contributed by atoms with Crippen molar-refractivity contribution in [2.24, 2.45) is 0 Å². The molecule has 1 aromatic carbocycles. The molecule has 96 valence electrons. The van der Waals surface area contributed by atoms with Crippen molar-refractivity contribution in [1.29, 1.82) is 0 Å². The van der Waals surface area contributed by atoms with Gasteiger partial charge in [-0.15, -0.1) is 0 Å². The van der Waals surface area contributed by atoms with Gasteiger partial charge in [-0.05, 0) is 50.1 Å². The summed E-state index contributed by atoms with van der Waals surface area (Å²) in [6, 6.07) is 4.10. The van der Waals surface area contributed by atoms with Gasteiger partial charge in [0, 0.05) is 4.47 Å². The van der Waals surface area contributed by atoms with Crippen LogP contribution in [-0.4, -0.2) is 0 Å². The van der Waals surface area contributed by atoms with Crippen molar-refractivity contribution >= 4 is 53.5 Å². The van der Waals surface area contributed by atoms with Crippen LogP contribution >= 0.6 is 47.8 Å². The van der Waals surface area contributed by atoms with E-state index in [1.54, 1.807) is 6.07 Å². The van der Waals surface area contributed by atoms with E-state index in [1.165, 1.54) is 12.1 Å². The fourth-order valence-electron chi connectivity index (χ4n) is 1.37. The zero-order chi connectivity index (χ0) is 13.3. The van der Waals surface area contributed by atoms with Crippen LogP contribution in [0.5, 0.6) is 0 Å². The molecule has 1 aromatic heterocycles. The zero-order valence-corrected chi connectivity index (χ0v) is 13.5. The molecule has 0 saturated carbocycles. The summed E-state index contributed by atoms with van der Waals surface area (Å²) in [5.41, 5.74) is -0.179. The van der Waals surface area contributed by atoms with Crippen LogP contribution in [0, 0.1) is 11.6 Å². The van der Waals surface area contributed by atoms with E-state index in [2.05, 4.69) is 53.1 Å². The molecule has 2 rings (SSSR count). The minimum Gasteiger partial charge on any atom is -0.451 e. The van der Waals surface area contributed by atoms with Crippen molar-refractivity contribution in [3.8, 4) is 0 Å². The van der Waals surface area contributed by atoms with Crippen molar-refractivity contribution in [1.82, 2.24) is 0 Å². The average molecular weight is 446 g/mol. The highest BCUT2D eigenvalue weighted by Gasteiger charge is 2.12. The predicted molar refractivity (Wildman–Crippen MR) is 75.5 cm³/mol. The van der Waals surface area contributed by atoms with Crippen molar-refractivity contribution in [3.05, 3.63) is 49.2 Å². The third kappa shape index (κ3) is 3.13. The van der Waals surface area contributed by atoms with Crippen molar-refractivity contribution in [2.45, 2.75) is 6.54 Å². The Kier molecular flexibility index (Phi) is 4.45. The molecule has 0 aliphatic heterocycles. The highest BCUT2D eigenvalue weighted by Crippen LogP contribution is 2.28. The number of hydrogen-bond donors (Lipinski definition) is 1. The van der Waals surface area contributed by atoms with Gasteiger partial charge < -0.3 is 9.73 Å². The monoisotopic (exact) mass is 443 g/mol. The Morgan fingerprint density at radius 1 is 1.06 bits per heavy atom. The Morgan fingerprint density at radius 2 is 1.67 bits per heavy atom. The smallest absolute Gasteiger partial charge is 0.183 e. The molecule has 18 heavy (non-hydrogen) atoms. The van der Waals surface area contributed by atoms with E-state index >= 15 is 0 Å². The quantitative estimate of drug-likeness (QED) is 0.679. The molecule has 7 heteroatoms. The number of nitrogens with one attached hydrogen (secondary N) is 1. The van der Waals surface area contributed by atoms with Gasteiger partial charge in [-0.2, -0.15) is 0 Å². The second-order valence-corrected chi connectivity index (χ2v) is 5.92. The lowest BCUT2D eigenvalue weighted by Crippen LogP contribution is -2.03. The maximum atomic E-state index is 13.5. The second-order valence-electron chi connectivity index (χ2n) is 3.43. The molecule has 0 aliphatic carbocycles. The largest absolute Gasteiger partial charge is 0.451 e. The molecule has 0 fully saturated rings. The van der Waals surface area contributed by atoms with Gasteiger partial charge in [-0.3, -0.25) is 0 Å². The molecule has 2 nitrogen and oxygen atoms in total. The van der Waals surface area contributed by atoms with E-state index in [4.69, 9.17) is 4.42 Å². The summed E-state index contributed by atoms with van der Waals surface area (Å²) in [6.07, 6.45) is 0. The molecule has 0 spiro atoms. The third-order valence-electron chi connectivity index (χ3n) is 2.14. The van der Waals surface area contributed by atoms with Crippen LogP contribution in [0.1, 0.15) is 5.76 Å². The number of hydrogen-bond acceptors (Lipinski definition) is 2. The van der Waals surface area contributed by atoms with Crippen molar-refractivity contribution in [2.75, 3.05) is 5.32 Å². The van der Waals surface area contributed by atoms with Crippen LogP contribution in [0.2, 0.25) is 0 Å². The molecular formula is C11H6Br3F2NO. The first-order valence-corrected chi connectivity index (χ1v) is 7.17. The van der Waals surface area contributed by atoms with Crippen LogP contribution in [-0.2, 0) is 6.54 Å². The van der Waals surface area contributed by atoms with Crippen LogP contribution in [0.4, 0.5) is 14.5 Å². The minimum absolute atomic E-state index is 0.179. The minimum atomic E-state index is -0.661. The van der Waals surface area contributed by atoms with E-state index in [0.29, 0.717) is 14.9 Å². The topological polar surface area (TPSA) is 25.2 Å². The summed E-state index contributed by atoms with van der Waals surface area (Å²) in [5.74, 6) is -0.770. The van der Waals surface area contributed by atoms with Gasteiger partial charge in [0.15, 0.2) is 4.67 Å². The molecule has 0 radical (unpaired) electrons. The Balaban J connectivity index is 2.15. The number of furan rings is 1. The Morgan fingerprint density at radius 3 is 2.17 bits per heavy atom. The molecule has 0 aliphatic rings. The molecule has 0 saturated heterocycles. The molecule has 2 aromatic rings. The lowest BCUT2D eigenvalue weighted by atomic mass is 10.3. The van der Waals surface area contributed by atoms with E-state index < -0.39 is 11.6 Å². The first-order chi connectivity index (χ1) is 8.47. The van der Waals surface area contributed by atoms with E-state index in [0.717, 1.165) is 4.47 Å². The fourth-order valence-corrected chi connectivity index (χ4v) is 2.43. The zero-order valence-electron chi connectivity index (χ0n) is 8.74. The van der Waals surface area contributed by atoms with Gasteiger partial charge in [0.05, 0.1) is 11.0 Å². The number of benzene rings is 1. The maximum Gasteiger partial charge on any atom is 0.183 e. The van der Waals surface area contributed by atoms with Gasteiger partial charge in [-0.1, -0.05) is 15.9 Å². The molecule has 0 unspecified atom stereocenters. The number of anilines is 1. The van der Waals surface area contributed by atoms with Crippen LogP contribution in [0.15, 0.2) is 36.2 Å². The normalized spacial score (nSPS) is 10.7. The Hall–Kier alpha value is -0.400. The lowest BCUT2D eigenvalue weighted by Gasteiger charge is -2.07. The number of halogens is 5.